The molecule has 5 nitrogen and oxygen atoms in total. The van der Waals surface area contributed by atoms with E-state index >= 15 is 0 Å². The maximum absolute atomic E-state index is 14.1. The first-order valence-corrected chi connectivity index (χ1v) is 9.37. The van der Waals surface area contributed by atoms with Crippen molar-refractivity contribution >= 4 is 12.0 Å². The molecular formula is C23H17F3N2O3. The highest BCUT2D eigenvalue weighted by atomic mass is 19.1. The number of halogens is 3. The molecule has 3 aromatic rings. The number of carbonyl (C=O) groups is 2. The Morgan fingerprint density at radius 3 is 1.94 bits per heavy atom. The summed E-state index contributed by atoms with van der Waals surface area (Å²) in [5.74, 6) is -2.40. The predicted molar refractivity (Wildman–Crippen MR) is 105 cm³/mol. The standard InChI is InChI=1S/C23H17F3N2O3/c24-17-8-4-15(5-9-17)23(16-6-10-18(25)11-7-16)21(14-2-1-3-19(26)12-14)28(13-20(27)29)22(30)31-23/h1-12,21H,13H2,(H2,27,29). The molecule has 2 N–H and O–H groups in total. The molecule has 1 atom stereocenters. The van der Waals surface area contributed by atoms with Crippen molar-refractivity contribution in [3.8, 4) is 0 Å². The Balaban J connectivity index is 2.02. The summed E-state index contributed by atoms with van der Waals surface area (Å²) >= 11 is 0. The van der Waals surface area contributed by atoms with Crippen molar-refractivity contribution in [2.45, 2.75) is 11.6 Å². The average Bonchev–Trinajstić information content (AvgIpc) is 3.01. The SMILES string of the molecule is NC(=O)CN1C(=O)OC(c2ccc(F)cc2)(c2ccc(F)cc2)C1c1cccc(F)c1. The van der Waals surface area contributed by atoms with Crippen LogP contribution in [0.15, 0.2) is 72.8 Å². The normalized spacial score (nSPS) is 17.5. The topological polar surface area (TPSA) is 72.6 Å². The molecule has 158 valence electrons. The summed E-state index contributed by atoms with van der Waals surface area (Å²) in [6.07, 6.45) is -0.873. The van der Waals surface area contributed by atoms with Gasteiger partial charge in [0.1, 0.15) is 30.0 Å². The Kier molecular flexibility index (Phi) is 5.14. The van der Waals surface area contributed by atoms with Crippen molar-refractivity contribution in [3.05, 3.63) is 107 Å². The lowest BCUT2D eigenvalue weighted by Gasteiger charge is -2.36. The molecule has 1 unspecified atom stereocenters. The second-order valence-electron chi connectivity index (χ2n) is 7.17. The molecule has 4 rings (SSSR count). The Morgan fingerprint density at radius 1 is 0.903 bits per heavy atom. The monoisotopic (exact) mass is 426 g/mol. The molecule has 1 aliphatic heterocycles. The molecule has 1 aliphatic rings. The number of nitrogens with zero attached hydrogens (tertiary/aromatic N) is 1. The molecule has 3 aromatic carbocycles. The number of cyclic esters (lactones) is 1. The van der Waals surface area contributed by atoms with Crippen molar-refractivity contribution < 1.29 is 27.5 Å². The summed E-state index contributed by atoms with van der Waals surface area (Å²) < 4.78 is 47.3. The average molecular weight is 426 g/mol. The van der Waals surface area contributed by atoms with Gasteiger partial charge in [0.05, 0.1) is 0 Å². The zero-order valence-corrected chi connectivity index (χ0v) is 16.1. The van der Waals surface area contributed by atoms with Crippen LogP contribution in [0.25, 0.3) is 0 Å². The van der Waals surface area contributed by atoms with Crippen molar-refractivity contribution in [2.24, 2.45) is 5.73 Å². The number of nitrogens with two attached hydrogens (primary N) is 1. The minimum Gasteiger partial charge on any atom is -0.430 e. The van der Waals surface area contributed by atoms with E-state index in [-0.39, 0.29) is 0 Å². The van der Waals surface area contributed by atoms with Gasteiger partial charge in [0.25, 0.3) is 0 Å². The molecule has 0 spiro atoms. The fraction of sp³-hybridized carbons (Fsp3) is 0.130. The molecule has 0 aromatic heterocycles. The Bertz CT molecular complexity index is 1090. The fourth-order valence-electron chi connectivity index (χ4n) is 3.99. The van der Waals surface area contributed by atoms with E-state index in [0.717, 1.165) is 4.90 Å². The molecule has 1 heterocycles. The van der Waals surface area contributed by atoms with Gasteiger partial charge < -0.3 is 10.5 Å². The lowest BCUT2D eigenvalue weighted by molar-refractivity contribution is -0.118. The van der Waals surface area contributed by atoms with Crippen molar-refractivity contribution in [1.82, 2.24) is 4.90 Å². The Hall–Kier alpha value is -3.81. The number of amides is 2. The van der Waals surface area contributed by atoms with E-state index in [1.165, 1.54) is 66.7 Å². The highest BCUT2D eigenvalue weighted by Gasteiger charge is 2.57. The third-order valence-electron chi connectivity index (χ3n) is 5.22. The van der Waals surface area contributed by atoms with Crippen LogP contribution >= 0.6 is 0 Å². The van der Waals surface area contributed by atoms with Gasteiger partial charge in [0.15, 0.2) is 5.60 Å². The van der Waals surface area contributed by atoms with E-state index < -0.39 is 47.6 Å². The zero-order chi connectivity index (χ0) is 22.2. The number of hydrogen-bond acceptors (Lipinski definition) is 3. The van der Waals surface area contributed by atoms with Crippen LogP contribution in [0.5, 0.6) is 0 Å². The smallest absolute Gasteiger partial charge is 0.412 e. The van der Waals surface area contributed by atoms with E-state index in [2.05, 4.69) is 0 Å². The van der Waals surface area contributed by atoms with Crippen LogP contribution in [-0.2, 0) is 15.1 Å². The quantitative estimate of drug-likeness (QED) is 0.670. The summed E-state index contributed by atoms with van der Waals surface area (Å²) in [7, 11) is 0. The number of ether oxygens (including phenoxy) is 1. The van der Waals surface area contributed by atoms with E-state index in [1.807, 2.05) is 0 Å². The molecular weight excluding hydrogens is 409 g/mol. The predicted octanol–water partition coefficient (Wildman–Crippen LogP) is 4.03. The van der Waals surface area contributed by atoms with Crippen LogP contribution in [0, 0.1) is 17.5 Å². The molecule has 0 saturated carbocycles. The van der Waals surface area contributed by atoms with E-state index in [0.29, 0.717) is 16.7 Å². The molecule has 8 heteroatoms. The van der Waals surface area contributed by atoms with Crippen LogP contribution in [0.2, 0.25) is 0 Å². The van der Waals surface area contributed by atoms with Gasteiger partial charge in [-0.3, -0.25) is 9.69 Å². The van der Waals surface area contributed by atoms with Gasteiger partial charge in [-0.1, -0.05) is 36.4 Å². The van der Waals surface area contributed by atoms with Crippen molar-refractivity contribution in [2.75, 3.05) is 6.54 Å². The summed E-state index contributed by atoms with van der Waals surface area (Å²) in [6, 6.07) is 14.9. The minimum atomic E-state index is -1.62. The highest BCUT2D eigenvalue weighted by molar-refractivity contribution is 5.83. The molecule has 31 heavy (non-hydrogen) atoms. The lowest BCUT2D eigenvalue weighted by Crippen LogP contribution is -2.41. The number of carbonyl (C=O) groups excluding carboxylic acids is 2. The van der Waals surface area contributed by atoms with Gasteiger partial charge in [0.2, 0.25) is 5.91 Å². The van der Waals surface area contributed by atoms with Crippen LogP contribution in [0.3, 0.4) is 0 Å². The van der Waals surface area contributed by atoms with Crippen LogP contribution in [0.4, 0.5) is 18.0 Å². The largest absolute Gasteiger partial charge is 0.430 e. The maximum atomic E-state index is 14.1. The Labute approximate surface area is 175 Å². The summed E-state index contributed by atoms with van der Waals surface area (Å²) in [5, 5.41) is 0. The lowest BCUT2D eigenvalue weighted by atomic mass is 9.77. The van der Waals surface area contributed by atoms with Gasteiger partial charge in [-0.15, -0.1) is 0 Å². The first-order chi connectivity index (χ1) is 14.8. The zero-order valence-electron chi connectivity index (χ0n) is 16.1. The van der Waals surface area contributed by atoms with E-state index in [1.54, 1.807) is 6.07 Å². The van der Waals surface area contributed by atoms with Gasteiger partial charge >= 0.3 is 6.09 Å². The van der Waals surface area contributed by atoms with Crippen molar-refractivity contribution in [3.63, 3.8) is 0 Å². The van der Waals surface area contributed by atoms with Crippen LogP contribution in [0.1, 0.15) is 22.7 Å². The number of primary amides is 1. The van der Waals surface area contributed by atoms with Gasteiger partial charge in [-0.25, -0.2) is 18.0 Å². The molecule has 0 aliphatic carbocycles. The second kappa shape index (κ2) is 7.79. The number of hydrogen-bond donors (Lipinski definition) is 1. The van der Waals surface area contributed by atoms with Crippen LogP contribution in [-0.4, -0.2) is 23.4 Å². The van der Waals surface area contributed by atoms with Crippen LogP contribution < -0.4 is 5.73 Å². The van der Waals surface area contributed by atoms with E-state index in [9.17, 15) is 22.8 Å². The molecule has 1 fully saturated rings. The molecule has 2 amide bonds. The fourth-order valence-corrected chi connectivity index (χ4v) is 3.99. The summed E-state index contributed by atoms with van der Waals surface area (Å²) in [6.45, 7) is -0.496. The first-order valence-electron chi connectivity index (χ1n) is 9.37. The second-order valence-corrected chi connectivity index (χ2v) is 7.17. The Morgan fingerprint density at radius 2 is 1.45 bits per heavy atom. The van der Waals surface area contributed by atoms with E-state index in [4.69, 9.17) is 10.5 Å². The number of benzene rings is 3. The number of rotatable bonds is 5. The molecule has 1 saturated heterocycles. The first kappa shape index (κ1) is 20.5. The van der Waals surface area contributed by atoms with Gasteiger partial charge in [-0.05, 0) is 42.0 Å². The summed E-state index contributed by atoms with van der Waals surface area (Å²) in [4.78, 5) is 25.7. The summed E-state index contributed by atoms with van der Waals surface area (Å²) in [5.41, 5.74) is 4.76. The maximum Gasteiger partial charge on any atom is 0.412 e. The third kappa shape index (κ3) is 3.61. The highest BCUT2D eigenvalue weighted by Crippen LogP contribution is 2.52. The minimum absolute atomic E-state index is 0.320. The third-order valence-corrected chi connectivity index (χ3v) is 5.22. The molecule has 0 bridgehead atoms. The molecule has 0 radical (unpaired) electrons. The van der Waals surface area contributed by atoms with Crippen molar-refractivity contribution in [1.29, 1.82) is 0 Å². The van der Waals surface area contributed by atoms with Gasteiger partial charge in [0, 0.05) is 11.1 Å². The van der Waals surface area contributed by atoms with Gasteiger partial charge in [-0.2, -0.15) is 0 Å².